The summed E-state index contributed by atoms with van der Waals surface area (Å²) >= 11 is 1.85. The Morgan fingerprint density at radius 2 is 1.00 bits per heavy atom. The van der Waals surface area contributed by atoms with E-state index in [4.69, 9.17) is 4.42 Å². The number of fused-ring (bicyclic) bond motifs is 9. The first-order chi connectivity index (χ1) is 26.1. The molecule has 1 aliphatic rings. The van der Waals surface area contributed by atoms with E-state index in [0.29, 0.717) is 0 Å². The monoisotopic (exact) mass is 695 g/mol. The van der Waals surface area contributed by atoms with Gasteiger partial charge in [0.1, 0.15) is 11.2 Å². The first-order valence-electron chi connectivity index (χ1n) is 18.2. The Bertz CT molecular complexity index is 2980. The Hall–Kier alpha value is -6.42. The standard InChI is InChI=1S/C50H33NOS/c1-50(44-16-8-5-13-38(44)39-14-6-9-17-45(39)50)34-22-27-41-40-26-21-33(29-46(40)52-47(41)30-34)32-19-23-36(24-20-32)51(35-11-3-2-4-12-35)37-25-28-43-42-15-7-10-18-48(42)53-49(43)31-37/h2-31H,1H3. The second-order valence-electron chi connectivity index (χ2n) is 14.2. The largest absolute Gasteiger partial charge is 0.456 e. The highest BCUT2D eigenvalue weighted by Gasteiger charge is 2.40. The molecule has 0 amide bonds. The highest BCUT2D eigenvalue weighted by molar-refractivity contribution is 7.25. The van der Waals surface area contributed by atoms with Crippen LogP contribution in [0.5, 0.6) is 0 Å². The van der Waals surface area contributed by atoms with Crippen LogP contribution in [0.1, 0.15) is 23.6 Å². The topological polar surface area (TPSA) is 16.4 Å². The molecule has 0 spiro atoms. The van der Waals surface area contributed by atoms with Crippen molar-refractivity contribution in [2.75, 3.05) is 4.90 Å². The Morgan fingerprint density at radius 3 is 1.77 bits per heavy atom. The van der Waals surface area contributed by atoms with Gasteiger partial charge in [0.2, 0.25) is 0 Å². The number of benzene rings is 8. The molecule has 2 nitrogen and oxygen atoms in total. The molecule has 250 valence electrons. The van der Waals surface area contributed by atoms with Gasteiger partial charge >= 0.3 is 0 Å². The van der Waals surface area contributed by atoms with Gasteiger partial charge < -0.3 is 9.32 Å². The fourth-order valence-corrected chi connectivity index (χ4v) is 9.85. The quantitative estimate of drug-likeness (QED) is 0.178. The van der Waals surface area contributed by atoms with Crippen molar-refractivity contribution in [1.82, 2.24) is 0 Å². The number of para-hydroxylation sites is 1. The van der Waals surface area contributed by atoms with E-state index >= 15 is 0 Å². The zero-order valence-electron chi connectivity index (χ0n) is 29.1. The number of nitrogens with zero attached hydrogens (tertiary/aromatic N) is 1. The van der Waals surface area contributed by atoms with Crippen LogP contribution < -0.4 is 4.90 Å². The van der Waals surface area contributed by atoms with Crippen LogP contribution in [0.15, 0.2) is 186 Å². The molecule has 11 rings (SSSR count). The van der Waals surface area contributed by atoms with Crippen LogP contribution in [-0.2, 0) is 5.41 Å². The van der Waals surface area contributed by atoms with Gasteiger partial charge in [-0.15, -0.1) is 11.3 Å². The van der Waals surface area contributed by atoms with Crippen molar-refractivity contribution in [3.8, 4) is 22.3 Å². The van der Waals surface area contributed by atoms with E-state index in [1.54, 1.807) is 0 Å². The SMILES string of the molecule is CC1(c2ccc3c(c2)oc2cc(-c4ccc(N(c5ccccc5)c5ccc6c(c5)sc5ccccc56)cc4)ccc23)c2ccccc2-c2ccccc21. The highest BCUT2D eigenvalue weighted by atomic mass is 32.1. The Labute approximate surface area is 311 Å². The van der Waals surface area contributed by atoms with Crippen molar-refractivity contribution in [2.45, 2.75) is 12.3 Å². The van der Waals surface area contributed by atoms with Crippen LogP contribution in [0.4, 0.5) is 17.1 Å². The third kappa shape index (κ3) is 4.57. The minimum atomic E-state index is -0.259. The molecule has 0 radical (unpaired) electrons. The van der Waals surface area contributed by atoms with Gasteiger partial charge in [0.05, 0.1) is 0 Å². The van der Waals surface area contributed by atoms with Gasteiger partial charge in [-0.05, 0) is 107 Å². The lowest BCUT2D eigenvalue weighted by molar-refractivity contribution is 0.662. The molecule has 0 bridgehead atoms. The van der Waals surface area contributed by atoms with E-state index in [1.165, 1.54) is 48.0 Å². The highest BCUT2D eigenvalue weighted by Crippen LogP contribution is 2.53. The molecular weight excluding hydrogens is 663 g/mol. The fraction of sp³-hybridized carbons (Fsp3) is 0.0400. The summed E-state index contributed by atoms with van der Waals surface area (Å²) in [4.78, 5) is 2.34. The van der Waals surface area contributed by atoms with E-state index < -0.39 is 0 Å². The second kappa shape index (κ2) is 11.5. The van der Waals surface area contributed by atoms with Crippen molar-refractivity contribution in [1.29, 1.82) is 0 Å². The molecular formula is C50H33NOS. The molecule has 0 atom stereocenters. The van der Waals surface area contributed by atoms with Crippen molar-refractivity contribution in [3.05, 3.63) is 199 Å². The molecule has 2 aromatic heterocycles. The number of rotatable bonds is 5. The minimum Gasteiger partial charge on any atom is -0.456 e. The van der Waals surface area contributed by atoms with Crippen LogP contribution >= 0.6 is 11.3 Å². The van der Waals surface area contributed by atoms with Gasteiger partial charge in [-0.3, -0.25) is 0 Å². The molecule has 0 saturated carbocycles. The van der Waals surface area contributed by atoms with Gasteiger partial charge in [-0.25, -0.2) is 0 Å². The predicted octanol–water partition coefficient (Wildman–Crippen LogP) is 14.4. The third-order valence-corrected chi connectivity index (χ3v) is 12.5. The molecule has 3 heteroatoms. The molecule has 0 N–H and O–H groups in total. The lowest BCUT2D eigenvalue weighted by atomic mass is 9.74. The maximum absolute atomic E-state index is 6.66. The van der Waals surface area contributed by atoms with Crippen LogP contribution in [0.25, 0.3) is 64.4 Å². The average molecular weight is 696 g/mol. The van der Waals surface area contributed by atoms with E-state index in [1.807, 2.05) is 11.3 Å². The van der Waals surface area contributed by atoms with E-state index in [2.05, 4.69) is 194 Å². The normalized spacial score (nSPS) is 13.2. The number of anilines is 3. The second-order valence-corrected chi connectivity index (χ2v) is 15.3. The summed E-state index contributed by atoms with van der Waals surface area (Å²) in [6.45, 7) is 2.35. The molecule has 2 heterocycles. The van der Waals surface area contributed by atoms with Gasteiger partial charge in [0.15, 0.2) is 0 Å². The maximum Gasteiger partial charge on any atom is 0.136 e. The van der Waals surface area contributed by atoms with Gasteiger partial charge in [-0.1, -0.05) is 121 Å². The van der Waals surface area contributed by atoms with Crippen molar-refractivity contribution in [2.24, 2.45) is 0 Å². The molecule has 1 aliphatic carbocycles. The van der Waals surface area contributed by atoms with Crippen LogP contribution in [0, 0.1) is 0 Å². The summed E-state index contributed by atoms with van der Waals surface area (Å²) in [6.07, 6.45) is 0. The minimum absolute atomic E-state index is 0.259. The van der Waals surface area contributed by atoms with Crippen molar-refractivity contribution in [3.63, 3.8) is 0 Å². The molecule has 0 aliphatic heterocycles. The zero-order valence-corrected chi connectivity index (χ0v) is 29.9. The number of thiophene rings is 1. The first kappa shape index (κ1) is 30.2. The molecule has 8 aromatic carbocycles. The molecule has 0 saturated heterocycles. The average Bonchev–Trinajstić information content (AvgIpc) is 3.86. The molecule has 0 unspecified atom stereocenters. The maximum atomic E-state index is 6.66. The summed E-state index contributed by atoms with van der Waals surface area (Å²) in [5.74, 6) is 0. The van der Waals surface area contributed by atoms with Crippen molar-refractivity contribution >= 4 is 70.5 Å². The number of furan rings is 1. The van der Waals surface area contributed by atoms with E-state index in [0.717, 1.165) is 50.1 Å². The summed E-state index contributed by atoms with van der Waals surface area (Å²) in [5, 5.41) is 4.90. The molecule has 53 heavy (non-hydrogen) atoms. The number of hydrogen-bond donors (Lipinski definition) is 0. The van der Waals surface area contributed by atoms with Crippen LogP contribution in [0.3, 0.4) is 0 Å². The zero-order chi connectivity index (χ0) is 35.1. The summed E-state index contributed by atoms with van der Waals surface area (Å²) in [7, 11) is 0. The third-order valence-electron chi connectivity index (χ3n) is 11.4. The Morgan fingerprint density at radius 1 is 0.434 bits per heavy atom. The number of hydrogen-bond acceptors (Lipinski definition) is 3. The lowest BCUT2D eigenvalue weighted by Crippen LogP contribution is -2.22. The first-order valence-corrected chi connectivity index (χ1v) is 19.0. The fourth-order valence-electron chi connectivity index (χ4n) is 8.71. The van der Waals surface area contributed by atoms with Crippen LogP contribution in [0.2, 0.25) is 0 Å². The van der Waals surface area contributed by atoms with E-state index in [-0.39, 0.29) is 5.41 Å². The summed E-state index contributed by atoms with van der Waals surface area (Å²) in [6, 6.07) is 66.1. The van der Waals surface area contributed by atoms with Crippen molar-refractivity contribution < 1.29 is 4.42 Å². The summed E-state index contributed by atoms with van der Waals surface area (Å²) < 4.78 is 9.27. The lowest BCUT2D eigenvalue weighted by Gasteiger charge is -2.28. The smallest absolute Gasteiger partial charge is 0.136 e. The van der Waals surface area contributed by atoms with Gasteiger partial charge in [0, 0.05) is 53.4 Å². The van der Waals surface area contributed by atoms with Gasteiger partial charge in [0.25, 0.3) is 0 Å². The Kier molecular flexibility index (Phi) is 6.58. The van der Waals surface area contributed by atoms with Crippen LogP contribution in [-0.4, -0.2) is 0 Å². The molecule has 10 aromatic rings. The van der Waals surface area contributed by atoms with Gasteiger partial charge in [-0.2, -0.15) is 0 Å². The Balaban J connectivity index is 0.959. The predicted molar refractivity (Wildman–Crippen MR) is 224 cm³/mol. The summed E-state index contributed by atoms with van der Waals surface area (Å²) in [5.41, 5.74) is 13.8. The molecule has 0 fully saturated rings. The van der Waals surface area contributed by atoms with E-state index in [9.17, 15) is 0 Å².